The lowest BCUT2D eigenvalue weighted by Gasteiger charge is -2.24. The van der Waals surface area contributed by atoms with Crippen LogP contribution in [0.25, 0.3) is 10.8 Å². The molecule has 4 aromatic rings. The van der Waals surface area contributed by atoms with Crippen LogP contribution in [-0.2, 0) is 17.5 Å². The molecule has 5 rings (SSSR count). The van der Waals surface area contributed by atoms with Gasteiger partial charge in [-0.05, 0) is 59.3 Å². The average Bonchev–Trinajstić information content (AvgIpc) is 3.22. The minimum Gasteiger partial charge on any atom is -0.372 e. The van der Waals surface area contributed by atoms with Crippen molar-refractivity contribution in [2.45, 2.75) is 32.6 Å². The lowest BCUT2D eigenvalue weighted by molar-refractivity contribution is -0.137. The summed E-state index contributed by atoms with van der Waals surface area (Å²) in [6, 6.07) is 20.0. The van der Waals surface area contributed by atoms with Gasteiger partial charge in [-0.15, -0.1) is 0 Å². The summed E-state index contributed by atoms with van der Waals surface area (Å²) in [6.07, 6.45) is -4.55. The molecule has 0 aromatic heterocycles. The van der Waals surface area contributed by atoms with E-state index < -0.39 is 29.6 Å². The highest BCUT2D eigenvalue weighted by Crippen LogP contribution is 2.38. The second kappa shape index (κ2) is 11.4. The number of nitrogens with one attached hydrogen (secondary N) is 3. The van der Waals surface area contributed by atoms with Crippen molar-refractivity contribution in [3.05, 3.63) is 106 Å². The molecule has 0 radical (unpaired) electrons. The zero-order valence-corrected chi connectivity index (χ0v) is 23.3. The molecular weight excluding hydrogens is 569 g/mol. The first-order chi connectivity index (χ1) is 19.9. The number of hydrazine groups is 1. The second-order valence-electron chi connectivity index (χ2n) is 10.3. The molecule has 0 spiro atoms. The number of nitrogens with zero attached hydrogens (tertiary/aromatic N) is 1. The third kappa shape index (κ3) is 5.75. The lowest BCUT2D eigenvalue weighted by Crippen LogP contribution is -2.50. The van der Waals surface area contributed by atoms with Gasteiger partial charge in [-0.25, -0.2) is 0 Å². The molecule has 0 saturated carbocycles. The SMILES string of the molecule is CC(C)[C@@H](Nc1ccc(C(F)(F)F)cc1Cl)C(=O)NNC(=O)c1ccc(CN2C(=O)c3cccc4cccc2c34)cc1. The van der Waals surface area contributed by atoms with Gasteiger partial charge in [0, 0.05) is 16.5 Å². The summed E-state index contributed by atoms with van der Waals surface area (Å²) in [6.45, 7) is 3.79. The topological polar surface area (TPSA) is 90.5 Å². The molecule has 3 N–H and O–H groups in total. The molecule has 1 aliphatic heterocycles. The predicted octanol–water partition coefficient (Wildman–Crippen LogP) is 6.57. The smallest absolute Gasteiger partial charge is 0.372 e. The van der Waals surface area contributed by atoms with Crippen LogP contribution < -0.4 is 21.1 Å². The molecule has 216 valence electrons. The van der Waals surface area contributed by atoms with Crippen LogP contribution in [-0.4, -0.2) is 23.8 Å². The van der Waals surface area contributed by atoms with Crippen molar-refractivity contribution in [2.75, 3.05) is 10.2 Å². The van der Waals surface area contributed by atoms with Gasteiger partial charge in [0.25, 0.3) is 17.7 Å². The van der Waals surface area contributed by atoms with Crippen LogP contribution in [0.1, 0.15) is 45.7 Å². The molecule has 11 heteroatoms. The molecule has 0 bridgehead atoms. The van der Waals surface area contributed by atoms with Crippen molar-refractivity contribution in [1.29, 1.82) is 0 Å². The summed E-state index contributed by atoms with van der Waals surface area (Å²) in [7, 11) is 0. The van der Waals surface area contributed by atoms with E-state index in [0.29, 0.717) is 12.1 Å². The maximum absolute atomic E-state index is 13.1. The van der Waals surface area contributed by atoms with Crippen LogP contribution in [0.15, 0.2) is 78.9 Å². The largest absolute Gasteiger partial charge is 0.416 e. The van der Waals surface area contributed by atoms with Crippen molar-refractivity contribution < 1.29 is 27.6 Å². The monoisotopic (exact) mass is 594 g/mol. The number of hydrogen-bond acceptors (Lipinski definition) is 4. The first-order valence-corrected chi connectivity index (χ1v) is 13.5. The van der Waals surface area contributed by atoms with Gasteiger partial charge < -0.3 is 10.2 Å². The molecule has 4 aromatic carbocycles. The van der Waals surface area contributed by atoms with Gasteiger partial charge >= 0.3 is 6.18 Å². The summed E-state index contributed by atoms with van der Waals surface area (Å²) in [5, 5.41) is 4.58. The van der Waals surface area contributed by atoms with Crippen LogP contribution in [0, 0.1) is 5.92 Å². The second-order valence-corrected chi connectivity index (χ2v) is 10.7. The zero-order chi connectivity index (χ0) is 30.2. The average molecular weight is 595 g/mol. The molecule has 3 amide bonds. The number of amides is 3. The molecule has 7 nitrogen and oxygen atoms in total. The molecule has 1 aliphatic rings. The zero-order valence-electron chi connectivity index (χ0n) is 22.6. The maximum Gasteiger partial charge on any atom is 0.416 e. The summed E-state index contributed by atoms with van der Waals surface area (Å²) in [5.74, 6) is -1.56. The predicted molar refractivity (Wildman–Crippen MR) is 155 cm³/mol. The van der Waals surface area contributed by atoms with Crippen LogP contribution in [0.2, 0.25) is 5.02 Å². The van der Waals surface area contributed by atoms with E-state index in [0.717, 1.165) is 40.2 Å². The Labute approximate surface area is 244 Å². The minimum atomic E-state index is -4.55. The van der Waals surface area contributed by atoms with Gasteiger partial charge in [-0.1, -0.05) is 61.8 Å². The van der Waals surface area contributed by atoms with Crippen LogP contribution in [0.5, 0.6) is 0 Å². The highest BCUT2D eigenvalue weighted by Gasteiger charge is 2.32. The van der Waals surface area contributed by atoms with Crippen molar-refractivity contribution >= 4 is 51.5 Å². The Bertz CT molecular complexity index is 1680. The first-order valence-electron chi connectivity index (χ1n) is 13.1. The number of hydrogen-bond donors (Lipinski definition) is 3. The quantitative estimate of drug-likeness (QED) is 0.211. The standard InChI is InChI=1S/C31H26ClF3N4O3/c1-17(2)27(36-24-14-13-21(15-23(24)32)31(33,34)35)29(41)38-37-28(40)20-11-9-18(10-12-20)16-39-25-8-4-6-19-5-3-7-22(26(19)25)30(39)42/h3-15,17,27,36H,16H2,1-2H3,(H,37,40)(H,38,41)/t27-/m1/s1. The Hall–Kier alpha value is -4.57. The first kappa shape index (κ1) is 28.9. The van der Waals surface area contributed by atoms with Crippen molar-refractivity contribution in [1.82, 2.24) is 10.9 Å². The van der Waals surface area contributed by atoms with Gasteiger partial charge in [-0.3, -0.25) is 25.2 Å². The maximum atomic E-state index is 13.1. The van der Waals surface area contributed by atoms with E-state index in [-0.39, 0.29) is 28.1 Å². The van der Waals surface area contributed by atoms with E-state index >= 15 is 0 Å². The van der Waals surface area contributed by atoms with E-state index in [4.69, 9.17) is 11.6 Å². The number of alkyl halides is 3. The molecule has 1 atom stereocenters. The molecular formula is C31H26ClF3N4O3. The summed E-state index contributed by atoms with van der Waals surface area (Å²) >= 11 is 6.03. The van der Waals surface area contributed by atoms with Gasteiger partial charge in [0.1, 0.15) is 6.04 Å². The van der Waals surface area contributed by atoms with E-state index in [1.807, 2.05) is 36.4 Å². The summed E-state index contributed by atoms with van der Waals surface area (Å²) < 4.78 is 38.9. The number of anilines is 2. The summed E-state index contributed by atoms with van der Waals surface area (Å²) in [4.78, 5) is 40.4. The normalized spacial score (nSPS) is 13.4. The Kier molecular flexibility index (Phi) is 7.83. The highest BCUT2D eigenvalue weighted by molar-refractivity contribution is 6.33. The Morgan fingerprint density at radius 3 is 2.26 bits per heavy atom. The van der Waals surface area contributed by atoms with Gasteiger partial charge in [0.2, 0.25) is 0 Å². The van der Waals surface area contributed by atoms with Crippen molar-refractivity contribution in [3.8, 4) is 0 Å². The highest BCUT2D eigenvalue weighted by atomic mass is 35.5. The fraction of sp³-hybridized carbons (Fsp3) is 0.194. The van der Waals surface area contributed by atoms with Crippen LogP contribution >= 0.6 is 11.6 Å². The molecule has 42 heavy (non-hydrogen) atoms. The van der Waals surface area contributed by atoms with Crippen molar-refractivity contribution in [3.63, 3.8) is 0 Å². The van der Waals surface area contributed by atoms with E-state index in [9.17, 15) is 27.6 Å². The molecule has 0 aliphatic carbocycles. The molecule has 1 heterocycles. The molecule has 0 unspecified atom stereocenters. The third-order valence-electron chi connectivity index (χ3n) is 7.06. The number of carbonyl (C=O) groups is 3. The Morgan fingerprint density at radius 1 is 0.929 bits per heavy atom. The number of rotatable bonds is 7. The van der Waals surface area contributed by atoms with Gasteiger partial charge in [-0.2, -0.15) is 13.2 Å². The van der Waals surface area contributed by atoms with Crippen LogP contribution in [0.4, 0.5) is 24.5 Å². The number of carbonyl (C=O) groups excluding carboxylic acids is 3. The fourth-order valence-corrected chi connectivity index (χ4v) is 5.09. The number of halogens is 4. The molecule has 0 saturated heterocycles. The van der Waals surface area contributed by atoms with Gasteiger partial charge in [0.15, 0.2) is 0 Å². The minimum absolute atomic E-state index is 0.0859. The summed E-state index contributed by atoms with van der Waals surface area (Å²) in [5.41, 5.74) is 6.55. The number of benzene rings is 4. The lowest BCUT2D eigenvalue weighted by atomic mass is 10.0. The fourth-order valence-electron chi connectivity index (χ4n) is 4.86. The third-order valence-corrected chi connectivity index (χ3v) is 7.37. The Balaban J connectivity index is 1.20. The van der Waals surface area contributed by atoms with Crippen LogP contribution in [0.3, 0.4) is 0 Å². The van der Waals surface area contributed by atoms with Gasteiger partial charge in [0.05, 0.1) is 28.5 Å². The van der Waals surface area contributed by atoms with Crippen molar-refractivity contribution in [2.24, 2.45) is 5.92 Å². The Morgan fingerprint density at radius 2 is 1.62 bits per heavy atom. The molecule has 0 fully saturated rings. The van der Waals surface area contributed by atoms with E-state index in [2.05, 4.69) is 16.2 Å². The van der Waals surface area contributed by atoms with E-state index in [1.54, 1.807) is 43.0 Å². The van der Waals surface area contributed by atoms with E-state index in [1.165, 1.54) is 0 Å².